The molecule has 0 aliphatic heterocycles. The van der Waals surface area contributed by atoms with Crippen molar-refractivity contribution in [3.05, 3.63) is 42.5 Å². The van der Waals surface area contributed by atoms with Gasteiger partial charge >= 0.3 is 6.09 Å². The van der Waals surface area contributed by atoms with Gasteiger partial charge in [-0.1, -0.05) is 30.4 Å². The molecule has 0 radical (unpaired) electrons. The number of allylic oxidation sites excluding steroid dienone is 1. The van der Waals surface area contributed by atoms with Crippen molar-refractivity contribution in [2.75, 3.05) is 11.9 Å². The van der Waals surface area contributed by atoms with E-state index in [1.54, 1.807) is 18.2 Å². The minimum Gasteiger partial charge on any atom is -0.445 e. The SMILES string of the molecule is C/C=C/COC(=O)Nc1ccccc1. The molecule has 1 aromatic carbocycles. The van der Waals surface area contributed by atoms with Crippen LogP contribution in [0.1, 0.15) is 6.92 Å². The van der Waals surface area contributed by atoms with Gasteiger partial charge in [0.2, 0.25) is 0 Å². The summed E-state index contributed by atoms with van der Waals surface area (Å²) in [6.07, 6.45) is 3.16. The molecule has 0 unspecified atom stereocenters. The largest absolute Gasteiger partial charge is 0.445 e. The summed E-state index contributed by atoms with van der Waals surface area (Å²) in [5.41, 5.74) is 0.734. The molecule has 0 fully saturated rings. The number of benzene rings is 1. The van der Waals surface area contributed by atoms with Gasteiger partial charge in [0.25, 0.3) is 0 Å². The maximum atomic E-state index is 11.1. The average molecular weight is 191 g/mol. The summed E-state index contributed by atoms with van der Waals surface area (Å²) in [6.45, 7) is 2.17. The van der Waals surface area contributed by atoms with Crippen LogP contribution >= 0.6 is 0 Å². The second kappa shape index (κ2) is 5.80. The number of anilines is 1. The number of rotatable bonds is 3. The molecule has 0 spiro atoms. The van der Waals surface area contributed by atoms with Crippen LogP contribution in [0, 0.1) is 0 Å². The van der Waals surface area contributed by atoms with Crippen molar-refractivity contribution in [2.24, 2.45) is 0 Å². The van der Waals surface area contributed by atoms with Crippen molar-refractivity contribution in [3.8, 4) is 0 Å². The maximum absolute atomic E-state index is 11.1. The number of amides is 1. The summed E-state index contributed by atoms with van der Waals surface area (Å²) in [5, 5.41) is 2.61. The van der Waals surface area contributed by atoms with Crippen LogP contribution in [0.2, 0.25) is 0 Å². The number of hydrogen-bond acceptors (Lipinski definition) is 2. The standard InChI is InChI=1S/C11H13NO2/c1-2-3-9-14-11(13)12-10-7-5-4-6-8-10/h2-8H,9H2,1H3,(H,12,13)/b3-2+. The van der Waals surface area contributed by atoms with Gasteiger partial charge in [0.05, 0.1) is 0 Å². The zero-order chi connectivity index (χ0) is 10.2. The normalized spacial score (nSPS) is 10.1. The molecular weight excluding hydrogens is 178 g/mol. The van der Waals surface area contributed by atoms with Gasteiger partial charge in [0.1, 0.15) is 6.61 Å². The van der Waals surface area contributed by atoms with Crippen molar-refractivity contribution >= 4 is 11.8 Å². The lowest BCUT2D eigenvalue weighted by Crippen LogP contribution is -2.13. The van der Waals surface area contributed by atoms with E-state index in [4.69, 9.17) is 4.74 Å². The minimum atomic E-state index is -0.436. The van der Waals surface area contributed by atoms with Gasteiger partial charge in [-0.05, 0) is 19.1 Å². The molecule has 0 aromatic heterocycles. The minimum absolute atomic E-state index is 0.301. The highest BCUT2D eigenvalue weighted by Gasteiger charge is 1.99. The van der Waals surface area contributed by atoms with E-state index in [0.717, 1.165) is 5.69 Å². The van der Waals surface area contributed by atoms with Crippen LogP contribution < -0.4 is 5.32 Å². The van der Waals surface area contributed by atoms with Gasteiger partial charge in [-0.25, -0.2) is 4.79 Å². The number of carbonyl (C=O) groups excluding carboxylic acids is 1. The fourth-order valence-corrected chi connectivity index (χ4v) is 0.895. The third-order valence-corrected chi connectivity index (χ3v) is 1.57. The van der Waals surface area contributed by atoms with Crippen molar-refractivity contribution < 1.29 is 9.53 Å². The second-order valence-electron chi connectivity index (χ2n) is 2.66. The van der Waals surface area contributed by atoms with Crippen molar-refractivity contribution in [1.29, 1.82) is 0 Å². The molecule has 0 aliphatic rings. The Hall–Kier alpha value is -1.77. The zero-order valence-electron chi connectivity index (χ0n) is 8.07. The van der Waals surface area contributed by atoms with Gasteiger partial charge in [0, 0.05) is 5.69 Å². The topological polar surface area (TPSA) is 38.3 Å². The molecule has 1 amide bonds. The summed E-state index contributed by atoms with van der Waals surface area (Å²) in [7, 11) is 0. The molecule has 3 heteroatoms. The second-order valence-corrected chi connectivity index (χ2v) is 2.66. The highest BCUT2D eigenvalue weighted by Crippen LogP contribution is 2.04. The third-order valence-electron chi connectivity index (χ3n) is 1.57. The number of ether oxygens (including phenoxy) is 1. The maximum Gasteiger partial charge on any atom is 0.411 e. The molecule has 0 bridgehead atoms. The summed E-state index contributed by atoms with van der Waals surface area (Å²) < 4.78 is 4.85. The molecule has 0 atom stereocenters. The van der Waals surface area contributed by atoms with E-state index in [2.05, 4.69) is 5.32 Å². The van der Waals surface area contributed by atoms with Gasteiger partial charge < -0.3 is 4.74 Å². The first-order valence-electron chi connectivity index (χ1n) is 4.43. The predicted octanol–water partition coefficient (Wildman–Crippen LogP) is 2.81. The van der Waals surface area contributed by atoms with Crippen LogP contribution in [-0.2, 0) is 4.74 Å². The van der Waals surface area contributed by atoms with Crippen molar-refractivity contribution in [3.63, 3.8) is 0 Å². The summed E-state index contributed by atoms with van der Waals surface area (Å²) in [5.74, 6) is 0. The monoisotopic (exact) mass is 191 g/mol. The van der Waals surface area contributed by atoms with E-state index in [9.17, 15) is 4.79 Å². The molecule has 0 saturated carbocycles. The molecular formula is C11H13NO2. The van der Waals surface area contributed by atoms with E-state index in [1.807, 2.05) is 31.2 Å². The highest BCUT2D eigenvalue weighted by atomic mass is 16.5. The first-order valence-corrected chi connectivity index (χ1v) is 4.43. The molecule has 0 saturated heterocycles. The molecule has 1 aromatic rings. The smallest absolute Gasteiger partial charge is 0.411 e. The molecule has 14 heavy (non-hydrogen) atoms. The Morgan fingerprint density at radius 2 is 2.14 bits per heavy atom. The number of hydrogen-bond donors (Lipinski definition) is 1. The summed E-state index contributed by atoms with van der Waals surface area (Å²) in [6, 6.07) is 9.19. The number of nitrogens with one attached hydrogen (secondary N) is 1. The van der Waals surface area contributed by atoms with E-state index in [1.165, 1.54) is 0 Å². The first-order chi connectivity index (χ1) is 6.83. The first kappa shape index (κ1) is 10.3. The lowest BCUT2D eigenvalue weighted by Gasteiger charge is -2.04. The van der Waals surface area contributed by atoms with Crippen molar-refractivity contribution in [1.82, 2.24) is 0 Å². The Labute approximate surface area is 83.4 Å². The fourth-order valence-electron chi connectivity index (χ4n) is 0.895. The Morgan fingerprint density at radius 3 is 2.79 bits per heavy atom. The molecule has 0 aliphatic carbocycles. The Morgan fingerprint density at radius 1 is 1.43 bits per heavy atom. The molecule has 74 valence electrons. The van der Waals surface area contributed by atoms with E-state index in [-0.39, 0.29) is 0 Å². The van der Waals surface area contributed by atoms with Crippen LogP contribution in [0.3, 0.4) is 0 Å². The average Bonchev–Trinajstić information content (AvgIpc) is 2.20. The predicted molar refractivity (Wildman–Crippen MR) is 56.2 cm³/mol. The van der Waals surface area contributed by atoms with Crippen LogP contribution in [-0.4, -0.2) is 12.7 Å². The van der Waals surface area contributed by atoms with E-state index < -0.39 is 6.09 Å². The quantitative estimate of drug-likeness (QED) is 0.746. The molecule has 1 N–H and O–H groups in total. The molecule has 0 heterocycles. The van der Waals surface area contributed by atoms with Crippen LogP contribution in [0.4, 0.5) is 10.5 Å². The lowest BCUT2D eigenvalue weighted by molar-refractivity contribution is 0.174. The Balaban J connectivity index is 2.34. The fraction of sp³-hybridized carbons (Fsp3) is 0.182. The van der Waals surface area contributed by atoms with Crippen molar-refractivity contribution in [2.45, 2.75) is 6.92 Å². The summed E-state index contributed by atoms with van der Waals surface area (Å²) >= 11 is 0. The molecule has 3 nitrogen and oxygen atoms in total. The van der Waals surface area contributed by atoms with Crippen LogP contribution in [0.15, 0.2) is 42.5 Å². The number of para-hydroxylation sites is 1. The Bertz CT molecular complexity index is 306. The van der Waals surface area contributed by atoms with Gasteiger partial charge in [-0.2, -0.15) is 0 Å². The number of carbonyl (C=O) groups is 1. The third kappa shape index (κ3) is 3.76. The Kier molecular flexibility index (Phi) is 4.27. The van der Waals surface area contributed by atoms with Gasteiger partial charge in [-0.15, -0.1) is 0 Å². The van der Waals surface area contributed by atoms with Crippen LogP contribution in [0.5, 0.6) is 0 Å². The van der Waals surface area contributed by atoms with E-state index in [0.29, 0.717) is 6.61 Å². The van der Waals surface area contributed by atoms with Gasteiger partial charge in [0.15, 0.2) is 0 Å². The lowest BCUT2D eigenvalue weighted by atomic mass is 10.3. The van der Waals surface area contributed by atoms with E-state index >= 15 is 0 Å². The summed E-state index contributed by atoms with van der Waals surface area (Å²) in [4.78, 5) is 11.1. The zero-order valence-corrected chi connectivity index (χ0v) is 8.07. The highest BCUT2D eigenvalue weighted by molar-refractivity contribution is 5.84. The van der Waals surface area contributed by atoms with Gasteiger partial charge in [-0.3, -0.25) is 5.32 Å². The molecule has 1 rings (SSSR count). The van der Waals surface area contributed by atoms with Crippen LogP contribution in [0.25, 0.3) is 0 Å².